The van der Waals surface area contributed by atoms with E-state index in [1.165, 1.54) is 5.56 Å². The van der Waals surface area contributed by atoms with Gasteiger partial charge in [-0.3, -0.25) is 4.79 Å². The maximum Gasteiger partial charge on any atom is 0.179 e. The summed E-state index contributed by atoms with van der Waals surface area (Å²) in [6.07, 6.45) is 1.32. The molecule has 2 aromatic carbocycles. The minimum absolute atomic E-state index is 0.189. The molecule has 0 atom stereocenters. The lowest BCUT2D eigenvalue weighted by atomic mass is 10.1. The number of aryl methyl sites for hydroxylation is 2. The third-order valence-electron chi connectivity index (χ3n) is 3.77. The molecule has 0 fully saturated rings. The van der Waals surface area contributed by atoms with E-state index in [1.54, 1.807) is 0 Å². The molecule has 1 heterocycles. The predicted octanol–water partition coefficient (Wildman–Crippen LogP) is 4.76. The number of Topliss-reactive ketones (excluding diaryl/α,β-unsaturated/α-hetero) is 1. The summed E-state index contributed by atoms with van der Waals surface area (Å²) >= 11 is 3.47. The van der Waals surface area contributed by atoms with E-state index in [9.17, 15) is 4.79 Å². The molecule has 1 aromatic heterocycles. The molecule has 0 aliphatic heterocycles. The van der Waals surface area contributed by atoms with Gasteiger partial charge in [-0.2, -0.15) is 0 Å². The van der Waals surface area contributed by atoms with E-state index in [2.05, 4.69) is 28.1 Å². The van der Waals surface area contributed by atoms with E-state index < -0.39 is 0 Å². The zero-order valence-corrected chi connectivity index (χ0v) is 13.4. The van der Waals surface area contributed by atoms with Gasteiger partial charge in [0.25, 0.3) is 0 Å². The first-order valence-corrected chi connectivity index (χ1v) is 7.76. The van der Waals surface area contributed by atoms with Crippen LogP contribution in [0.15, 0.2) is 59.1 Å². The highest BCUT2D eigenvalue weighted by Gasteiger charge is 2.13. The van der Waals surface area contributed by atoms with Crippen LogP contribution in [0.2, 0.25) is 0 Å². The van der Waals surface area contributed by atoms with Crippen molar-refractivity contribution in [3.8, 4) is 0 Å². The summed E-state index contributed by atoms with van der Waals surface area (Å²) in [4.78, 5) is 12.5. The number of benzene rings is 2. The van der Waals surface area contributed by atoms with E-state index in [-0.39, 0.29) is 5.78 Å². The summed E-state index contributed by atoms with van der Waals surface area (Å²) in [6.45, 7) is 0. The summed E-state index contributed by atoms with van der Waals surface area (Å²) in [5, 5.41) is 1.09. The van der Waals surface area contributed by atoms with Crippen LogP contribution >= 0.6 is 15.9 Å². The molecule has 0 N–H and O–H groups in total. The Balaban J connectivity index is 1.83. The molecule has 0 saturated heterocycles. The topological polar surface area (TPSA) is 22.0 Å². The van der Waals surface area contributed by atoms with Crippen molar-refractivity contribution in [1.82, 2.24) is 4.57 Å². The number of carbonyl (C=O) groups is 1. The lowest BCUT2D eigenvalue weighted by Crippen LogP contribution is -2.06. The van der Waals surface area contributed by atoms with Crippen molar-refractivity contribution in [3.63, 3.8) is 0 Å². The van der Waals surface area contributed by atoms with Gasteiger partial charge in [-0.15, -0.1) is 0 Å². The zero-order valence-electron chi connectivity index (χ0n) is 11.8. The number of halogens is 1. The molecule has 0 saturated carbocycles. The number of hydrogen-bond donors (Lipinski definition) is 0. The number of hydrogen-bond acceptors (Lipinski definition) is 1. The van der Waals surface area contributed by atoms with Gasteiger partial charge in [-0.25, -0.2) is 0 Å². The highest BCUT2D eigenvalue weighted by molar-refractivity contribution is 9.10. The van der Waals surface area contributed by atoms with Gasteiger partial charge in [-0.05, 0) is 36.2 Å². The first kappa shape index (κ1) is 14.1. The van der Waals surface area contributed by atoms with Crippen LogP contribution in [0.3, 0.4) is 0 Å². The van der Waals surface area contributed by atoms with Gasteiger partial charge in [0.2, 0.25) is 0 Å². The molecule has 0 radical (unpaired) electrons. The van der Waals surface area contributed by atoms with Crippen LogP contribution in [0.4, 0.5) is 0 Å². The first-order chi connectivity index (χ1) is 10.1. The lowest BCUT2D eigenvalue weighted by Gasteiger charge is -2.04. The Labute approximate surface area is 132 Å². The second kappa shape index (κ2) is 5.86. The average molecular weight is 342 g/mol. The van der Waals surface area contributed by atoms with E-state index in [1.807, 2.05) is 54.1 Å². The van der Waals surface area contributed by atoms with Crippen molar-refractivity contribution in [3.05, 3.63) is 70.3 Å². The van der Waals surface area contributed by atoms with E-state index in [0.29, 0.717) is 6.42 Å². The second-order valence-electron chi connectivity index (χ2n) is 5.20. The Kier molecular flexibility index (Phi) is 3.93. The largest absolute Gasteiger partial charge is 0.341 e. The van der Waals surface area contributed by atoms with Crippen molar-refractivity contribution >= 4 is 32.6 Å². The van der Waals surface area contributed by atoms with Gasteiger partial charge in [0.1, 0.15) is 0 Å². The molecule has 3 aromatic rings. The fraction of sp³-hybridized carbons (Fsp3) is 0.167. The van der Waals surface area contributed by atoms with Crippen molar-refractivity contribution in [2.75, 3.05) is 0 Å². The third-order valence-corrected chi connectivity index (χ3v) is 4.27. The number of ketones is 1. The summed E-state index contributed by atoms with van der Waals surface area (Å²) in [5.74, 6) is 0.189. The molecule has 106 valence electrons. The van der Waals surface area contributed by atoms with Crippen molar-refractivity contribution < 1.29 is 4.79 Å². The van der Waals surface area contributed by atoms with Gasteiger partial charge in [-0.1, -0.05) is 46.3 Å². The Morgan fingerprint density at radius 2 is 1.86 bits per heavy atom. The Hall–Kier alpha value is -1.87. The van der Waals surface area contributed by atoms with Crippen LogP contribution in [-0.2, 0) is 13.5 Å². The smallest absolute Gasteiger partial charge is 0.179 e. The molecule has 0 spiro atoms. The maximum atomic E-state index is 12.5. The fourth-order valence-corrected chi connectivity index (χ4v) is 3.00. The normalized spacial score (nSPS) is 11.0. The van der Waals surface area contributed by atoms with E-state index in [4.69, 9.17) is 0 Å². The molecular formula is C18H16BrNO. The monoisotopic (exact) mass is 341 g/mol. The zero-order chi connectivity index (χ0) is 14.8. The Bertz CT molecular complexity index is 790. The van der Waals surface area contributed by atoms with Crippen LogP contribution in [-0.4, -0.2) is 10.4 Å². The van der Waals surface area contributed by atoms with Crippen LogP contribution in [0.25, 0.3) is 10.9 Å². The van der Waals surface area contributed by atoms with Gasteiger partial charge in [0.15, 0.2) is 5.78 Å². The quantitative estimate of drug-likeness (QED) is 0.627. The Morgan fingerprint density at radius 3 is 2.62 bits per heavy atom. The maximum absolute atomic E-state index is 12.5. The summed E-state index contributed by atoms with van der Waals surface area (Å²) in [6, 6.07) is 18.2. The Morgan fingerprint density at radius 1 is 1.10 bits per heavy atom. The molecule has 3 rings (SSSR count). The molecule has 3 heteroatoms. The van der Waals surface area contributed by atoms with Crippen molar-refractivity contribution in [2.24, 2.45) is 7.05 Å². The van der Waals surface area contributed by atoms with Crippen molar-refractivity contribution in [1.29, 1.82) is 0 Å². The summed E-state index contributed by atoms with van der Waals surface area (Å²) < 4.78 is 3.01. The second-order valence-corrected chi connectivity index (χ2v) is 6.12. The van der Waals surface area contributed by atoms with Gasteiger partial charge < -0.3 is 4.57 Å². The highest BCUT2D eigenvalue weighted by Crippen LogP contribution is 2.23. The van der Waals surface area contributed by atoms with Gasteiger partial charge in [0, 0.05) is 28.8 Å². The number of rotatable bonds is 4. The van der Waals surface area contributed by atoms with Crippen LogP contribution in [0.5, 0.6) is 0 Å². The molecule has 0 aliphatic rings. The average Bonchev–Trinajstić information content (AvgIpc) is 2.82. The lowest BCUT2D eigenvalue weighted by molar-refractivity contribution is 0.0975. The van der Waals surface area contributed by atoms with Gasteiger partial charge >= 0.3 is 0 Å². The first-order valence-electron chi connectivity index (χ1n) is 6.97. The molecular weight excluding hydrogens is 326 g/mol. The minimum Gasteiger partial charge on any atom is -0.341 e. The third kappa shape index (κ3) is 2.93. The van der Waals surface area contributed by atoms with Crippen molar-refractivity contribution in [2.45, 2.75) is 12.8 Å². The number of fused-ring (bicyclic) bond motifs is 1. The number of nitrogens with zero attached hydrogens (tertiary/aromatic N) is 1. The van der Waals surface area contributed by atoms with Crippen LogP contribution in [0, 0.1) is 0 Å². The van der Waals surface area contributed by atoms with Crippen LogP contribution < -0.4 is 0 Å². The summed E-state index contributed by atoms with van der Waals surface area (Å²) in [7, 11) is 1.95. The molecule has 0 aliphatic carbocycles. The van der Waals surface area contributed by atoms with Crippen LogP contribution in [0.1, 0.15) is 22.5 Å². The molecule has 0 amide bonds. The van der Waals surface area contributed by atoms with Gasteiger partial charge in [0.05, 0.1) is 5.69 Å². The van der Waals surface area contributed by atoms with E-state index >= 15 is 0 Å². The minimum atomic E-state index is 0.189. The molecule has 0 unspecified atom stereocenters. The number of aromatic nitrogens is 1. The summed E-state index contributed by atoms with van der Waals surface area (Å²) in [5.41, 5.74) is 3.06. The fourth-order valence-electron chi connectivity index (χ4n) is 2.62. The standard InChI is InChI=1S/C18H16BrNO/c1-20-16-9-8-15(19)11-14(16)12-17(20)18(21)10-7-13-5-3-2-4-6-13/h2-6,8-9,11-12H,7,10H2,1H3. The highest BCUT2D eigenvalue weighted by atomic mass is 79.9. The number of carbonyl (C=O) groups excluding carboxylic acids is 1. The predicted molar refractivity (Wildman–Crippen MR) is 89.7 cm³/mol. The molecule has 0 bridgehead atoms. The van der Waals surface area contributed by atoms with E-state index in [0.717, 1.165) is 27.5 Å². The SMILES string of the molecule is Cn1c(C(=O)CCc2ccccc2)cc2cc(Br)ccc21. The molecule has 2 nitrogen and oxygen atoms in total. The molecule has 21 heavy (non-hydrogen) atoms.